The summed E-state index contributed by atoms with van der Waals surface area (Å²) in [4.78, 5) is 14.7. The van der Waals surface area contributed by atoms with Crippen molar-refractivity contribution in [2.75, 3.05) is 19.6 Å². The van der Waals surface area contributed by atoms with E-state index in [0.717, 1.165) is 38.2 Å². The summed E-state index contributed by atoms with van der Waals surface area (Å²) >= 11 is 0. The first-order chi connectivity index (χ1) is 9.38. The van der Waals surface area contributed by atoms with Gasteiger partial charge in [-0.25, -0.2) is 0 Å². The van der Waals surface area contributed by atoms with Crippen molar-refractivity contribution in [1.82, 2.24) is 9.47 Å². The zero-order valence-electron chi connectivity index (χ0n) is 13.6. The van der Waals surface area contributed by atoms with Crippen LogP contribution in [0.5, 0.6) is 0 Å². The molecule has 0 aromatic carbocycles. The number of fused-ring (bicyclic) bond motifs is 1. The summed E-state index contributed by atoms with van der Waals surface area (Å²) in [6, 6.07) is 2.09. The van der Waals surface area contributed by atoms with E-state index in [2.05, 4.69) is 50.2 Å². The number of carbonyl (C=O) groups excluding carboxylic acids is 1. The maximum absolute atomic E-state index is 12.3. The van der Waals surface area contributed by atoms with Crippen LogP contribution in [0.25, 0.3) is 0 Å². The van der Waals surface area contributed by atoms with E-state index in [1.807, 2.05) is 0 Å². The molecule has 1 heterocycles. The first-order valence-electron chi connectivity index (χ1n) is 7.82. The summed E-state index contributed by atoms with van der Waals surface area (Å²) in [7, 11) is 0. The second kappa shape index (κ2) is 5.72. The Kier molecular flexibility index (Phi) is 4.38. The fourth-order valence-electron chi connectivity index (χ4n) is 3.30. The molecule has 1 aromatic heterocycles. The van der Waals surface area contributed by atoms with Crippen LogP contribution in [-0.2, 0) is 13.0 Å². The molecular weight excluding hydrogens is 248 g/mol. The highest BCUT2D eigenvalue weighted by atomic mass is 16.1. The highest BCUT2D eigenvalue weighted by Gasteiger charge is 2.33. The van der Waals surface area contributed by atoms with E-state index < -0.39 is 0 Å². The van der Waals surface area contributed by atoms with Crippen molar-refractivity contribution in [1.29, 1.82) is 0 Å². The normalized spacial score (nSPS) is 17.6. The maximum atomic E-state index is 12.3. The van der Waals surface area contributed by atoms with Crippen molar-refractivity contribution < 1.29 is 4.79 Å². The van der Waals surface area contributed by atoms with Gasteiger partial charge in [-0.05, 0) is 37.9 Å². The number of hydrogen-bond acceptors (Lipinski definition) is 2. The van der Waals surface area contributed by atoms with Crippen molar-refractivity contribution in [2.45, 2.75) is 54.0 Å². The SMILES string of the molecule is CCN(CC)CCn1c(C)cc2c1CC(C)(C)CC2=O. The van der Waals surface area contributed by atoms with Gasteiger partial charge in [-0.1, -0.05) is 27.7 Å². The van der Waals surface area contributed by atoms with Gasteiger partial charge in [0.05, 0.1) is 0 Å². The van der Waals surface area contributed by atoms with Crippen molar-refractivity contribution in [2.24, 2.45) is 5.41 Å². The number of Topliss-reactive ketones (excluding diaryl/α,β-unsaturated/α-hetero) is 1. The van der Waals surface area contributed by atoms with E-state index in [4.69, 9.17) is 0 Å². The second-order valence-electron chi connectivity index (χ2n) is 6.77. The van der Waals surface area contributed by atoms with Crippen LogP contribution in [-0.4, -0.2) is 34.9 Å². The Bertz CT molecular complexity index is 495. The zero-order valence-corrected chi connectivity index (χ0v) is 13.6. The number of likely N-dealkylation sites (N-methyl/N-ethyl adjacent to an activating group) is 1. The van der Waals surface area contributed by atoms with E-state index in [-0.39, 0.29) is 5.41 Å². The molecule has 0 bridgehead atoms. The lowest BCUT2D eigenvalue weighted by Gasteiger charge is -2.30. The van der Waals surface area contributed by atoms with E-state index >= 15 is 0 Å². The summed E-state index contributed by atoms with van der Waals surface area (Å²) in [5.74, 6) is 0.320. The lowest BCUT2D eigenvalue weighted by atomic mass is 9.76. The molecular formula is C17H28N2O. The Morgan fingerprint density at radius 3 is 2.50 bits per heavy atom. The molecule has 20 heavy (non-hydrogen) atoms. The smallest absolute Gasteiger partial charge is 0.165 e. The number of aromatic nitrogens is 1. The summed E-state index contributed by atoms with van der Waals surface area (Å²) < 4.78 is 2.37. The van der Waals surface area contributed by atoms with Gasteiger partial charge in [-0.3, -0.25) is 4.79 Å². The predicted octanol–water partition coefficient (Wildman–Crippen LogP) is 3.29. The molecule has 0 radical (unpaired) electrons. The maximum Gasteiger partial charge on any atom is 0.165 e. The molecule has 0 fully saturated rings. The van der Waals surface area contributed by atoms with E-state index in [0.29, 0.717) is 12.2 Å². The molecule has 112 valence electrons. The van der Waals surface area contributed by atoms with E-state index in [1.54, 1.807) is 0 Å². The lowest BCUT2D eigenvalue weighted by molar-refractivity contribution is 0.0909. The summed E-state index contributed by atoms with van der Waals surface area (Å²) in [6.45, 7) is 15.2. The van der Waals surface area contributed by atoms with Crippen molar-refractivity contribution in [3.63, 3.8) is 0 Å². The molecule has 0 spiro atoms. The Hall–Kier alpha value is -1.09. The fraction of sp³-hybridized carbons (Fsp3) is 0.706. The molecule has 0 saturated heterocycles. The van der Waals surface area contributed by atoms with Gasteiger partial charge in [0.25, 0.3) is 0 Å². The minimum absolute atomic E-state index is 0.0990. The van der Waals surface area contributed by atoms with Gasteiger partial charge in [0.2, 0.25) is 0 Å². The number of aryl methyl sites for hydroxylation is 1. The number of ketones is 1. The van der Waals surface area contributed by atoms with Crippen LogP contribution in [0.1, 0.15) is 55.9 Å². The molecule has 0 saturated carbocycles. The first kappa shape index (κ1) is 15.3. The molecule has 0 unspecified atom stereocenters. The Morgan fingerprint density at radius 1 is 1.25 bits per heavy atom. The molecule has 1 aliphatic rings. The first-order valence-corrected chi connectivity index (χ1v) is 7.82. The van der Waals surface area contributed by atoms with Gasteiger partial charge in [0.15, 0.2) is 5.78 Å². The van der Waals surface area contributed by atoms with Crippen LogP contribution in [0.4, 0.5) is 0 Å². The Labute approximate surface area is 123 Å². The van der Waals surface area contributed by atoms with Gasteiger partial charge in [0.1, 0.15) is 0 Å². The lowest BCUT2D eigenvalue weighted by Crippen LogP contribution is -2.31. The molecule has 3 nitrogen and oxygen atoms in total. The predicted molar refractivity (Wildman–Crippen MR) is 83.4 cm³/mol. The molecule has 0 N–H and O–H groups in total. The largest absolute Gasteiger partial charge is 0.347 e. The number of hydrogen-bond donors (Lipinski definition) is 0. The van der Waals surface area contributed by atoms with Gasteiger partial charge >= 0.3 is 0 Å². The molecule has 0 atom stereocenters. The summed E-state index contributed by atoms with van der Waals surface area (Å²) in [5.41, 5.74) is 3.56. The highest BCUT2D eigenvalue weighted by molar-refractivity contribution is 5.99. The van der Waals surface area contributed by atoms with Crippen molar-refractivity contribution >= 4 is 5.78 Å². The van der Waals surface area contributed by atoms with Crippen LogP contribution in [0.3, 0.4) is 0 Å². The Balaban J connectivity index is 2.25. The summed E-state index contributed by atoms with van der Waals surface area (Å²) in [5, 5.41) is 0. The van der Waals surface area contributed by atoms with Crippen LogP contribution >= 0.6 is 0 Å². The average Bonchev–Trinajstić information content (AvgIpc) is 2.66. The van der Waals surface area contributed by atoms with Gasteiger partial charge in [-0.2, -0.15) is 0 Å². The van der Waals surface area contributed by atoms with Gasteiger partial charge < -0.3 is 9.47 Å². The number of rotatable bonds is 5. The van der Waals surface area contributed by atoms with Gasteiger partial charge in [-0.15, -0.1) is 0 Å². The highest BCUT2D eigenvalue weighted by Crippen LogP contribution is 2.36. The zero-order chi connectivity index (χ0) is 14.9. The quantitative estimate of drug-likeness (QED) is 0.824. The Morgan fingerprint density at radius 2 is 1.90 bits per heavy atom. The molecule has 0 aliphatic heterocycles. The summed E-state index contributed by atoms with van der Waals surface area (Å²) in [6.07, 6.45) is 1.69. The topological polar surface area (TPSA) is 25.2 Å². The second-order valence-corrected chi connectivity index (χ2v) is 6.77. The average molecular weight is 276 g/mol. The molecule has 1 aromatic rings. The molecule has 2 rings (SSSR count). The third-order valence-electron chi connectivity index (χ3n) is 4.54. The minimum Gasteiger partial charge on any atom is -0.347 e. The van der Waals surface area contributed by atoms with E-state index in [9.17, 15) is 4.79 Å². The number of nitrogens with zero attached hydrogens (tertiary/aromatic N) is 2. The van der Waals surface area contributed by atoms with Gasteiger partial charge in [0, 0.05) is 36.5 Å². The third-order valence-corrected chi connectivity index (χ3v) is 4.54. The van der Waals surface area contributed by atoms with Crippen molar-refractivity contribution in [3.8, 4) is 0 Å². The van der Waals surface area contributed by atoms with Crippen LogP contribution in [0.2, 0.25) is 0 Å². The third kappa shape index (κ3) is 2.98. The van der Waals surface area contributed by atoms with Crippen LogP contribution in [0, 0.1) is 12.3 Å². The minimum atomic E-state index is 0.0990. The van der Waals surface area contributed by atoms with Crippen LogP contribution in [0.15, 0.2) is 6.07 Å². The van der Waals surface area contributed by atoms with Crippen LogP contribution < -0.4 is 0 Å². The fourth-order valence-corrected chi connectivity index (χ4v) is 3.30. The van der Waals surface area contributed by atoms with Crippen molar-refractivity contribution in [3.05, 3.63) is 23.0 Å². The van der Waals surface area contributed by atoms with E-state index in [1.165, 1.54) is 11.4 Å². The molecule has 0 amide bonds. The molecule has 3 heteroatoms. The monoisotopic (exact) mass is 276 g/mol. The standard InChI is InChI=1S/C17H28N2O/c1-6-18(7-2)8-9-19-13(3)10-14-15(19)11-17(4,5)12-16(14)20/h10H,6-9,11-12H2,1-5H3. The number of carbonyl (C=O) groups is 1. The molecule has 1 aliphatic carbocycles.